The summed E-state index contributed by atoms with van der Waals surface area (Å²) < 4.78 is 0. The lowest BCUT2D eigenvalue weighted by molar-refractivity contribution is 0.0752. The number of carbonyl (C=O) groups is 1. The van der Waals surface area contributed by atoms with Crippen LogP contribution in [0.2, 0.25) is 0 Å². The van der Waals surface area contributed by atoms with Gasteiger partial charge < -0.3 is 9.88 Å². The summed E-state index contributed by atoms with van der Waals surface area (Å²) >= 11 is 0. The van der Waals surface area contributed by atoms with E-state index >= 15 is 0 Å². The summed E-state index contributed by atoms with van der Waals surface area (Å²) in [4.78, 5) is 30.9. The number of carbonyl (C=O) groups excluding carboxylic acids is 1. The van der Waals surface area contributed by atoms with E-state index in [-0.39, 0.29) is 11.5 Å². The Balaban J connectivity index is 1.64. The molecule has 0 atom stereocenters. The van der Waals surface area contributed by atoms with Crippen LogP contribution in [0.3, 0.4) is 0 Å². The van der Waals surface area contributed by atoms with Crippen molar-refractivity contribution < 1.29 is 4.79 Å². The summed E-state index contributed by atoms with van der Waals surface area (Å²) in [5, 5.41) is 0. The Morgan fingerprint density at radius 3 is 2.62 bits per heavy atom. The smallest absolute Gasteiger partial charge is 0.270 e. The molecular formula is C16H23N3O2. The molecule has 1 N–H and O–H groups in total. The van der Waals surface area contributed by atoms with Gasteiger partial charge in [-0.25, -0.2) is 0 Å². The molecule has 2 fully saturated rings. The molecule has 1 saturated heterocycles. The fraction of sp³-hybridized carbons (Fsp3) is 0.625. The molecule has 0 unspecified atom stereocenters. The van der Waals surface area contributed by atoms with E-state index in [1.807, 2.05) is 4.90 Å². The minimum absolute atomic E-state index is 0.0547. The normalized spacial score (nSPS) is 21.4. The number of aromatic amines is 1. The van der Waals surface area contributed by atoms with E-state index in [9.17, 15) is 9.59 Å². The maximum absolute atomic E-state index is 12.5. The standard InChI is InChI=1S/C16H23N3O2/c20-15-8-3-7-14(17-15)16(21)19-10-4-9-18(11-12-19)13-5-1-2-6-13/h3,7-8,13H,1-2,4-6,9-12H2,(H,17,20). The molecule has 1 aliphatic carbocycles. The number of rotatable bonds is 2. The van der Waals surface area contributed by atoms with Crippen LogP contribution in [-0.2, 0) is 0 Å². The van der Waals surface area contributed by atoms with Crippen molar-refractivity contribution in [3.8, 4) is 0 Å². The van der Waals surface area contributed by atoms with E-state index in [0.717, 1.165) is 38.6 Å². The number of hydrogen-bond donors (Lipinski definition) is 1. The molecule has 0 aromatic carbocycles. The van der Waals surface area contributed by atoms with E-state index in [4.69, 9.17) is 0 Å². The monoisotopic (exact) mass is 289 g/mol. The molecule has 21 heavy (non-hydrogen) atoms. The second-order valence-electron chi connectivity index (χ2n) is 6.05. The summed E-state index contributed by atoms with van der Waals surface area (Å²) in [6.07, 6.45) is 6.31. The van der Waals surface area contributed by atoms with Gasteiger partial charge in [-0.3, -0.25) is 14.5 Å². The van der Waals surface area contributed by atoms with Gasteiger partial charge in [0.15, 0.2) is 0 Å². The van der Waals surface area contributed by atoms with E-state index in [1.165, 1.54) is 31.7 Å². The summed E-state index contributed by atoms with van der Waals surface area (Å²) in [6, 6.07) is 5.47. The Morgan fingerprint density at radius 2 is 1.86 bits per heavy atom. The Hall–Kier alpha value is -1.62. The molecule has 3 rings (SSSR count). The van der Waals surface area contributed by atoms with Gasteiger partial charge in [-0.1, -0.05) is 18.9 Å². The van der Waals surface area contributed by atoms with E-state index < -0.39 is 0 Å². The highest BCUT2D eigenvalue weighted by atomic mass is 16.2. The van der Waals surface area contributed by atoms with Crippen molar-refractivity contribution in [1.82, 2.24) is 14.8 Å². The highest BCUT2D eigenvalue weighted by Crippen LogP contribution is 2.24. The van der Waals surface area contributed by atoms with Crippen molar-refractivity contribution in [2.75, 3.05) is 26.2 Å². The fourth-order valence-electron chi connectivity index (χ4n) is 3.52. The lowest BCUT2D eigenvalue weighted by Gasteiger charge is -2.27. The van der Waals surface area contributed by atoms with Crippen molar-refractivity contribution in [3.05, 3.63) is 34.2 Å². The van der Waals surface area contributed by atoms with Crippen LogP contribution in [0, 0.1) is 0 Å². The molecule has 0 spiro atoms. The second-order valence-corrected chi connectivity index (χ2v) is 6.05. The molecule has 2 heterocycles. The molecule has 1 amide bonds. The zero-order valence-corrected chi connectivity index (χ0v) is 12.4. The van der Waals surface area contributed by atoms with Gasteiger partial charge in [-0.2, -0.15) is 0 Å². The zero-order chi connectivity index (χ0) is 14.7. The Kier molecular flexibility index (Phi) is 4.39. The summed E-state index contributed by atoms with van der Waals surface area (Å²) in [5.74, 6) is -0.0547. The summed E-state index contributed by atoms with van der Waals surface area (Å²) in [7, 11) is 0. The largest absolute Gasteiger partial charge is 0.336 e. The van der Waals surface area contributed by atoms with Crippen LogP contribution < -0.4 is 5.56 Å². The Morgan fingerprint density at radius 1 is 1.05 bits per heavy atom. The molecular weight excluding hydrogens is 266 g/mol. The maximum atomic E-state index is 12.5. The molecule has 5 heteroatoms. The molecule has 1 saturated carbocycles. The molecule has 114 valence electrons. The lowest BCUT2D eigenvalue weighted by Crippen LogP contribution is -2.38. The van der Waals surface area contributed by atoms with Crippen molar-refractivity contribution >= 4 is 5.91 Å². The number of aromatic nitrogens is 1. The third-order valence-electron chi connectivity index (χ3n) is 4.66. The van der Waals surface area contributed by atoms with Gasteiger partial charge in [-0.05, 0) is 25.3 Å². The lowest BCUT2D eigenvalue weighted by atomic mass is 10.2. The van der Waals surface area contributed by atoms with E-state index in [2.05, 4.69) is 9.88 Å². The number of hydrogen-bond acceptors (Lipinski definition) is 3. The SMILES string of the molecule is O=C(c1cccc(=O)[nH]1)N1CCCN(C2CCCC2)CC1. The van der Waals surface area contributed by atoms with Gasteiger partial charge in [-0.15, -0.1) is 0 Å². The van der Waals surface area contributed by atoms with Gasteiger partial charge in [0.1, 0.15) is 5.69 Å². The molecule has 0 radical (unpaired) electrons. The van der Waals surface area contributed by atoms with E-state index in [0.29, 0.717) is 5.69 Å². The number of H-pyrrole nitrogens is 1. The van der Waals surface area contributed by atoms with Gasteiger partial charge in [0, 0.05) is 38.3 Å². The van der Waals surface area contributed by atoms with E-state index in [1.54, 1.807) is 12.1 Å². The number of pyridine rings is 1. The summed E-state index contributed by atoms with van der Waals surface area (Å²) in [6.45, 7) is 3.57. The molecule has 1 aromatic heterocycles. The minimum atomic E-state index is -0.219. The maximum Gasteiger partial charge on any atom is 0.270 e. The zero-order valence-electron chi connectivity index (χ0n) is 12.4. The molecule has 2 aliphatic rings. The molecule has 0 bridgehead atoms. The van der Waals surface area contributed by atoms with Gasteiger partial charge in [0.25, 0.3) is 5.91 Å². The molecule has 5 nitrogen and oxygen atoms in total. The Bertz CT molecular complexity index is 548. The van der Waals surface area contributed by atoms with Crippen LogP contribution in [0.15, 0.2) is 23.0 Å². The number of amides is 1. The van der Waals surface area contributed by atoms with Crippen LogP contribution in [-0.4, -0.2) is 52.9 Å². The van der Waals surface area contributed by atoms with Crippen molar-refractivity contribution in [3.63, 3.8) is 0 Å². The number of nitrogens with one attached hydrogen (secondary N) is 1. The predicted octanol–water partition coefficient (Wildman–Crippen LogP) is 1.47. The van der Waals surface area contributed by atoms with Crippen LogP contribution in [0.5, 0.6) is 0 Å². The van der Waals surface area contributed by atoms with Crippen molar-refractivity contribution in [1.29, 1.82) is 0 Å². The van der Waals surface area contributed by atoms with Crippen LogP contribution in [0.25, 0.3) is 0 Å². The first-order valence-electron chi connectivity index (χ1n) is 7.97. The predicted molar refractivity (Wildman–Crippen MR) is 81.4 cm³/mol. The Labute approximate surface area is 124 Å². The highest BCUT2D eigenvalue weighted by Gasteiger charge is 2.26. The average Bonchev–Trinajstić information content (AvgIpc) is 2.91. The first kappa shape index (κ1) is 14.3. The van der Waals surface area contributed by atoms with Crippen molar-refractivity contribution in [2.24, 2.45) is 0 Å². The third kappa shape index (κ3) is 3.35. The van der Waals surface area contributed by atoms with Crippen LogP contribution in [0.4, 0.5) is 0 Å². The minimum Gasteiger partial charge on any atom is -0.336 e. The average molecular weight is 289 g/mol. The summed E-state index contributed by atoms with van der Waals surface area (Å²) in [5.41, 5.74) is 0.181. The quantitative estimate of drug-likeness (QED) is 0.897. The van der Waals surface area contributed by atoms with Gasteiger partial charge in [0.2, 0.25) is 5.56 Å². The van der Waals surface area contributed by atoms with Gasteiger partial charge >= 0.3 is 0 Å². The first-order chi connectivity index (χ1) is 10.2. The van der Waals surface area contributed by atoms with Gasteiger partial charge in [0.05, 0.1) is 0 Å². The van der Waals surface area contributed by atoms with Crippen LogP contribution >= 0.6 is 0 Å². The highest BCUT2D eigenvalue weighted by molar-refractivity contribution is 5.92. The fourth-order valence-corrected chi connectivity index (χ4v) is 3.52. The molecule has 1 aliphatic heterocycles. The second kappa shape index (κ2) is 6.43. The number of nitrogens with zero attached hydrogens (tertiary/aromatic N) is 2. The van der Waals surface area contributed by atoms with Crippen LogP contribution in [0.1, 0.15) is 42.6 Å². The topological polar surface area (TPSA) is 56.4 Å². The first-order valence-corrected chi connectivity index (χ1v) is 7.97. The van der Waals surface area contributed by atoms with Crippen molar-refractivity contribution in [2.45, 2.75) is 38.1 Å². The molecule has 1 aromatic rings. The third-order valence-corrected chi connectivity index (χ3v) is 4.66.